The Kier molecular flexibility index (Phi) is 7.09. The summed E-state index contributed by atoms with van der Waals surface area (Å²) in [7, 11) is -3.56. The summed E-state index contributed by atoms with van der Waals surface area (Å²) in [5, 5.41) is 8.69. The molecule has 29 heavy (non-hydrogen) atoms. The zero-order valence-corrected chi connectivity index (χ0v) is 17.9. The SMILES string of the molecule is C=CCn1c(CS(=O)(=O)c2ccc(C)cc2)nnc1SCC(=O)N1CCOCC1. The predicted molar refractivity (Wildman–Crippen MR) is 110 cm³/mol. The van der Waals surface area contributed by atoms with Crippen molar-refractivity contribution in [2.24, 2.45) is 0 Å². The van der Waals surface area contributed by atoms with Crippen LogP contribution in [0, 0.1) is 6.92 Å². The summed E-state index contributed by atoms with van der Waals surface area (Å²) >= 11 is 1.25. The first-order chi connectivity index (χ1) is 13.9. The van der Waals surface area contributed by atoms with Gasteiger partial charge in [0.2, 0.25) is 5.91 Å². The highest BCUT2D eigenvalue weighted by Gasteiger charge is 2.23. The molecule has 2 heterocycles. The molecule has 0 bridgehead atoms. The number of morpholine rings is 1. The van der Waals surface area contributed by atoms with Crippen LogP contribution in [-0.2, 0) is 31.7 Å². The number of benzene rings is 1. The standard InChI is InChI=1S/C19H24N4O4S2/c1-3-8-23-17(14-29(25,26)16-6-4-15(2)5-7-16)20-21-19(23)28-13-18(24)22-9-11-27-12-10-22/h3-7H,1,8-14H2,2H3. The van der Waals surface area contributed by atoms with Crippen LogP contribution in [0.4, 0.5) is 0 Å². The first kappa shape index (κ1) is 21.5. The highest BCUT2D eigenvalue weighted by molar-refractivity contribution is 7.99. The van der Waals surface area contributed by atoms with Gasteiger partial charge in [-0.3, -0.25) is 4.79 Å². The molecule has 0 radical (unpaired) electrons. The second kappa shape index (κ2) is 9.55. The van der Waals surface area contributed by atoms with Crippen LogP contribution in [0.25, 0.3) is 0 Å². The van der Waals surface area contributed by atoms with Gasteiger partial charge in [-0.05, 0) is 19.1 Å². The van der Waals surface area contributed by atoms with Gasteiger partial charge >= 0.3 is 0 Å². The summed E-state index contributed by atoms with van der Waals surface area (Å²) in [4.78, 5) is 14.4. The van der Waals surface area contributed by atoms with Crippen molar-refractivity contribution >= 4 is 27.5 Å². The molecule has 0 spiro atoms. The summed E-state index contributed by atoms with van der Waals surface area (Å²) in [6.07, 6.45) is 1.65. The molecule has 0 atom stereocenters. The van der Waals surface area contributed by atoms with E-state index in [9.17, 15) is 13.2 Å². The molecule has 0 N–H and O–H groups in total. The van der Waals surface area contributed by atoms with E-state index >= 15 is 0 Å². The van der Waals surface area contributed by atoms with E-state index in [0.29, 0.717) is 43.8 Å². The topological polar surface area (TPSA) is 94.4 Å². The number of hydrogen-bond donors (Lipinski definition) is 0. The van der Waals surface area contributed by atoms with Crippen molar-refractivity contribution in [3.05, 3.63) is 48.3 Å². The fraction of sp³-hybridized carbons (Fsp3) is 0.421. The number of hydrogen-bond acceptors (Lipinski definition) is 7. The van der Waals surface area contributed by atoms with E-state index in [1.807, 2.05) is 6.92 Å². The minimum atomic E-state index is -3.56. The van der Waals surface area contributed by atoms with Gasteiger partial charge in [-0.15, -0.1) is 16.8 Å². The van der Waals surface area contributed by atoms with Gasteiger partial charge in [0.05, 0.1) is 23.9 Å². The molecule has 1 aromatic heterocycles. The average molecular weight is 437 g/mol. The molecule has 1 aromatic carbocycles. The highest BCUT2D eigenvalue weighted by Crippen LogP contribution is 2.22. The summed E-state index contributed by atoms with van der Waals surface area (Å²) in [6.45, 7) is 8.24. The van der Waals surface area contributed by atoms with Crippen molar-refractivity contribution in [2.75, 3.05) is 32.1 Å². The van der Waals surface area contributed by atoms with Crippen molar-refractivity contribution in [3.8, 4) is 0 Å². The fourth-order valence-corrected chi connectivity index (χ4v) is 5.01. The van der Waals surface area contributed by atoms with Crippen LogP contribution in [0.5, 0.6) is 0 Å². The summed E-state index contributed by atoms with van der Waals surface area (Å²) < 4.78 is 32.5. The maximum Gasteiger partial charge on any atom is 0.233 e. The first-order valence-electron chi connectivity index (χ1n) is 9.21. The number of thioether (sulfide) groups is 1. The Morgan fingerprint density at radius 2 is 1.93 bits per heavy atom. The van der Waals surface area contributed by atoms with Gasteiger partial charge in [-0.25, -0.2) is 8.42 Å². The maximum atomic E-state index is 12.8. The normalized spacial score (nSPS) is 14.7. The lowest BCUT2D eigenvalue weighted by molar-refractivity contribution is -0.132. The number of ether oxygens (including phenoxy) is 1. The van der Waals surface area contributed by atoms with E-state index in [2.05, 4.69) is 16.8 Å². The molecule has 2 aromatic rings. The second-order valence-electron chi connectivity index (χ2n) is 6.65. The Hall–Kier alpha value is -2.17. The number of carbonyl (C=O) groups excluding carboxylic acids is 1. The Labute approximate surface area is 174 Å². The maximum absolute atomic E-state index is 12.8. The number of amides is 1. The van der Waals surface area contributed by atoms with Crippen molar-refractivity contribution in [2.45, 2.75) is 29.3 Å². The van der Waals surface area contributed by atoms with Crippen LogP contribution in [0.1, 0.15) is 11.4 Å². The van der Waals surface area contributed by atoms with Crippen molar-refractivity contribution < 1.29 is 17.9 Å². The fourth-order valence-electron chi connectivity index (χ4n) is 2.87. The van der Waals surface area contributed by atoms with E-state index < -0.39 is 9.84 Å². The molecule has 0 saturated carbocycles. The number of nitrogens with zero attached hydrogens (tertiary/aromatic N) is 4. The lowest BCUT2D eigenvalue weighted by Gasteiger charge is -2.26. The molecule has 8 nitrogen and oxygen atoms in total. The van der Waals surface area contributed by atoms with Gasteiger partial charge in [0, 0.05) is 19.6 Å². The zero-order chi connectivity index (χ0) is 20.9. The van der Waals surface area contributed by atoms with Gasteiger partial charge < -0.3 is 14.2 Å². The third-order valence-electron chi connectivity index (χ3n) is 4.49. The van der Waals surface area contributed by atoms with Gasteiger partial charge in [-0.2, -0.15) is 0 Å². The molecule has 0 aliphatic carbocycles. The largest absolute Gasteiger partial charge is 0.378 e. The molecule has 1 amide bonds. The molecule has 1 fully saturated rings. The van der Waals surface area contributed by atoms with Crippen molar-refractivity contribution in [1.82, 2.24) is 19.7 Å². The Morgan fingerprint density at radius 1 is 1.24 bits per heavy atom. The molecule has 10 heteroatoms. The lowest BCUT2D eigenvalue weighted by atomic mass is 10.2. The molecular weight excluding hydrogens is 412 g/mol. The van der Waals surface area contributed by atoms with Crippen LogP contribution >= 0.6 is 11.8 Å². The van der Waals surface area contributed by atoms with Crippen LogP contribution in [0.3, 0.4) is 0 Å². The number of allylic oxidation sites excluding steroid dienone is 1. The van der Waals surface area contributed by atoms with Crippen LogP contribution in [0.2, 0.25) is 0 Å². The van der Waals surface area contributed by atoms with Crippen LogP contribution in [0.15, 0.2) is 47.0 Å². The van der Waals surface area contributed by atoms with Crippen LogP contribution < -0.4 is 0 Å². The van der Waals surface area contributed by atoms with E-state index in [4.69, 9.17) is 4.74 Å². The monoisotopic (exact) mass is 436 g/mol. The number of aryl methyl sites for hydroxylation is 1. The number of aromatic nitrogens is 3. The molecule has 1 aliphatic heterocycles. The van der Waals surface area contributed by atoms with Gasteiger partial charge in [-0.1, -0.05) is 35.5 Å². The van der Waals surface area contributed by atoms with E-state index in [0.717, 1.165) is 5.56 Å². The first-order valence-corrected chi connectivity index (χ1v) is 11.8. The average Bonchev–Trinajstić information content (AvgIpc) is 3.08. The van der Waals surface area contributed by atoms with Crippen molar-refractivity contribution in [3.63, 3.8) is 0 Å². The Morgan fingerprint density at radius 3 is 2.59 bits per heavy atom. The van der Waals surface area contributed by atoms with Gasteiger partial charge in [0.25, 0.3) is 0 Å². The third kappa shape index (κ3) is 5.46. The predicted octanol–water partition coefficient (Wildman–Crippen LogP) is 1.70. The molecule has 156 valence electrons. The molecule has 1 saturated heterocycles. The van der Waals surface area contributed by atoms with Crippen LogP contribution in [-0.4, -0.2) is 66.0 Å². The summed E-state index contributed by atoms with van der Waals surface area (Å²) in [5.74, 6) is 0.265. The minimum absolute atomic E-state index is 0.000259. The third-order valence-corrected chi connectivity index (χ3v) is 7.07. The van der Waals surface area contributed by atoms with Gasteiger partial charge in [0.1, 0.15) is 11.6 Å². The molecule has 0 unspecified atom stereocenters. The molecule has 1 aliphatic rings. The van der Waals surface area contributed by atoms with Crippen molar-refractivity contribution in [1.29, 1.82) is 0 Å². The molecule has 3 rings (SSSR count). The van der Waals surface area contributed by atoms with E-state index in [-0.39, 0.29) is 22.3 Å². The Balaban J connectivity index is 1.73. The second-order valence-corrected chi connectivity index (χ2v) is 9.58. The van der Waals surface area contributed by atoms with E-state index in [1.165, 1.54) is 11.8 Å². The molecular formula is C19H24N4O4S2. The lowest BCUT2D eigenvalue weighted by Crippen LogP contribution is -2.41. The minimum Gasteiger partial charge on any atom is -0.378 e. The van der Waals surface area contributed by atoms with Gasteiger partial charge in [0.15, 0.2) is 15.0 Å². The number of carbonyl (C=O) groups is 1. The van der Waals surface area contributed by atoms with E-state index in [1.54, 1.807) is 39.8 Å². The Bertz CT molecular complexity index is 965. The number of sulfone groups is 1. The highest BCUT2D eigenvalue weighted by atomic mass is 32.2. The smallest absolute Gasteiger partial charge is 0.233 e. The zero-order valence-electron chi connectivity index (χ0n) is 16.3. The number of rotatable bonds is 8. The summed E-state index contributed by atoms with van der Waals surface area (Å²) in [5.41, 5.74) is 0.988. The quantitative estimate of drug-likeness (QED) is 0.459. The summed E-state index contributed by atoms with van der Waals surface area (Å²) in [6, 6.07) is 6.71.